The standard InChI is InChI=1S/C12H14O/c1-10(2)12-7-5-11(6-8-12)4-3-9-13/h3-10H,1-2H3. The average molecular weight is 174 g/mol. The van der Waals surface area contributed by atoms with Gasteiger partial charge < -0.3 is 0 Å². The van der Waals surface area contributed by atoms with E-state index in [1.54, 1.807) is 6.08 Å². The molecule has 0 aliphatic rings. The summed E-state index contributed by atoms with van der Waals surface area (Å²) in [6.07, 6.45) is 4.10. The molecule has 0 aliphatic carbocycles. The van der Waals surface area contributed by atoms with Crippen LogP contribution < -0.4 is 0 Å². The molecule has 0 aliphatic heterocycles. The van der Waals surface area contributed by atoms with Crippen LogP contribution in [0, 0.1) is 0 Å². The summed E-state index contributed by atoms with van der Waals surface area (Å²) in [4.78, 5) is 10.1. The summed E-state index contributed by atoms with van der Waals surface area (Å²) < 4.78 is 0. The molecule has 0 saturated heterocycles. The van der Waals surface area contributed by atoms with Crippen molar-refractivity contribution in [3.8, 4) is 0 Å². The van der Waals surface area contributed by atoms with Crippen LogP contribution in [-0.2, 0) is 4.79 Å². The average Bonchev–Trinajstić information content (AvgIpc) is 2.15. The lowest BCUT2D eigenvalue weighted by Crippen LogP contribution is -1.85. The van der Waals surface area contributed by atoms with Gasteiger partial charge in [0.15, 0.2) is 0 Å². The summed E-state index contributed by atoms with van der Waals surface area (Å²) in [6.45, 7) is 4.33. The number of aldehydes is 1. The van der Waals surface area contributed by atoms with Crippen molar-refractivity contribution in [1.29, 1.82) is 0 Å². The molecule has 0 heterocycles. The van der Waals surface area contributed by atoms with Gasteiger partial charge in [-0.2, -0.15) is 0 Å². The van der Waals surface area contributed by atoms with Crippen LogP contribution in [0.2, 0.25) is 0 Å². The molecule has 68 valence electrons. The predicted molar refractivity (Wildman–Crippen MR) is 55.6 cm³/mol. The normalized spacial score (nSPS) is 11.0. The molecule has 0 saturated carbocycles. The zero-order valence-electron chi connectivity index (χ0n) is 8.03. The maximum absolute atomic E-state index is 10.1. The van der Waals surface area contributed by atoms with Gasteiger partial charge in [0.05, 0.1) is 0 Å². The maximum atomic E-state index is 10.1. The molecular weight excluding hydrogens is 160 g/mol. The van der Waals surface area contributed by atoms with Crippen molar-refractivity contribution in [2.45, 2.75) is 19.8 Å². The lowest BCUT2D eigenvalue weighted by molar-refractivity contribution is -0.104. The Morgan fingerprint density at radius 1 is 1.15 bits per heavy atom. The fourth-order valence-corrected chi connectivity index (χ4v) is 1.14. The molecule has 0 N–H and O–H groups in total. The molecule has 0 atom stereocenters. The first kappa shape index (κ1) is 9.72. The summed E-state index contributed by atoms with van der Waals surface area (Å²) in [5.41, 5.74) is 2.39. The van der Waals surface area contributed by atoms with Crippen molar-refractivity contribution in [2.24, 2.45) is 0 Å². The first-order chi connectivity index (χ1) is 6.24. The maximum Gasteiger partial charge on any atom is 0.142 e. The second kappa shape index (κ2) is 4.61. The second-order valence-electron chi connectivity index (χ2n) is 3.32. The van der Waals surface area contributed by atoms with Gasteiger partial charge in [0.1, 0.15) is 6.29 Å². The molecule has 1 rings (SSSR count). The van der Waals surface area contributed by atoms with Gasteiger partial charge in [-0.05, 0) is 23.1 Å². The van der Waals surface area contributed by atoms with Gasteiger partial charge in [0, 0.05) is 0 Å². The minimum Gasteiger partial charge on any atom is -0.299 e. The molecule has 1 aromatic rings. The van der Waals surface area contributed by atoms with Crippen molar-refractivity contribution < 1.29 is 4.79 Å². The molecule has 1 nitrogen and oxygen atoms in total. The Labute approximate surface area is 79.1 Å². The molecule has 1 heteroatoms. The summed E-state index contributed by atoms with van der Waals surface area (Å²) in [5.74, 6) is 0.559. The van der Waals surface area contributed by atoms with E-state index in [1.807, 2.05) is 12.1 Å². The van der Waals surface area contributed by atoms with Crippen molar-refractivity contribution in [1.82, 2.24) is 0 Å². The number of hydrogen-bond donors (Lipinski definition) is 0. The number of rotatable bonds is 3. The van der Waals surface area contributed by atoms with E-state index >= 15 is 0 Å². The molecule has 0 unspecified atom stereocenters. The zero-order chi connectivity index (χ0) is 9.68. The monoisotopic (exact) mass is 174 g/mol. The van der Waals surface area contributed by atoms with Gasteiger partial charge in [-0.25, -0.2) is 0 Å². The van der Waals surface area contributed by atoms with Crippen LogP contribution in [0.1, 0.15) is 30.9 Å². The predicted octanol–water partition coefficient (Wildman–Crippen LogP) is 3.02. The highest BCUT2D eigenvalue weighted by molar-refractivity contribution is 5.73. The Kier molecular flexibility index (Phi) is 3.44. The highest BCUT2D eigenvalue weighted by Crippen LogP contribution is 2.14. The van der Waals surface area contributed by atoms with Gasteiger partial charge in [-0.15, -0.1) is 0 Å². The Hall–Kier alpha value is -1.37. The first-order valence-electron chi connectivity index (χ1n) is 4.46. The first-order valence-corrected chi connectivity index (χ1v) is 4.46. The summed E-state index contributed by atoms with van der Waals surface area (Å²) >= 11 is 0. The molecule has 0 bridgehead atoms. The van der Waals surface area contributed by atoms with Crippen LogP contribution in [0.3, 0.4) is 0 Å². The topological polar surface area (TPSA) is 17.1 Å². The third-order valence-corrected chi connectivity index (χ3v) is 1.97. The van der Waals surface area contributed by atoms with Crippen LogP contribution >= 0.6 is 0 Å². The van der Waals surface area contributed by atoms with Gasteiger partial charge in [-0.3, -0.25) is 4.79 Å². The van der Waals surface area contributed by atoms with Crippen LogP contribution in [0.4, 0.5) is 0 Å². The highest BCUT2D eigenvalue weighted by atomic mass is 16.1. The lowest BCUT2D eigenvalue weighted by Gasteiger charge is -2.04. The van der Waals surface area contributed by atoms with Gasteiger partial charge in [0.25, 0.3) is 0 Å². The van der Waals surface area contributed by atoms with E-state index in [-0.39, 0.29) is 0 Å². The number of carbonyl (C=O) groups excluding carboxylic acids is 1. The van der Waals surface area contributed by atoms with Crippen LogP contribution in [0.5, 0.6) is 0 Å². The molecule has 0 radical (unpaired) electrons. The summed E-state index contributed by atoms with van der Waals surface area (Å²) in [6, 6.07) is 8.23. The van der Waals surface area contributed by atoms with Crippen LogP contribution in [-0.4, -0.2) is 6.29 Å². The van der Waals surface area contributed by atoms with Gasteiger partial charge >= 0.3 is 0 Å². The number of hydrogen-bond acceptors (Lipinski definition) is 1. The van der Waals surface area contributed by atoms with Crippen LogP contribution in [0.15, 0.2) is 30.3 Å². The second-order valence-corrected chi connectivity index (χ2v) is 3.32. The lowest BCUT2D eigenvalue weighted by atomic mass is 10.0. The van der Waals surface area contributed by atoms with Crippen molar-refractivity contribution in [3.05, 3.63) is 41.5 Å². The highest BCUT2D eigenvalue weighted by Gasteiger charge is 1.96. The van der Waals surface area contributed by atoms with Gasteiger partial charge in [0.2, 0.25) is 0 Å². The number of benzene rings is 1. The molecule has 0 amide bonds. The zero-order valence-corrected chi connectivity index (χ0v) is 8.03. The van der Waals surface area contributed by atoms with E-state index in [4.69, 9.17) is 0 Å². The smallest absolute Gasteiger partial charge is 0.142 e. The van der Waals surface area contributed by atoms with E-state index < -0.39 is 0 Å². The van der Waals surface area contributed by atoms with Crippen molar-refractivity contribution >= 4 is 12.4 Å². The Balaban J connectivity index is 2.81. The van der Waals surface area contributed by atoms with Gasteiger partial charge in [-0.1, -0.05) is 44.2 Å². The molecular formula is C12H14O. The fourth-order valence-electron chi connectivity index (χ4n) is 1.14. The third kappa shape index (κ3) is 2.86. The minimum absolute atomic E-state index is 0.559. The minimum atomic E-state index is 0.559. The Morgan fingerprint density at radius 2 is 1.77 bits per heavy atom. The van der Waals surface area contributed by atoms with E-state index in [9.17, 15) is 4.79 Å². The van der Waals surface area contributed by atoms with E-state index in [1.165, 1.54) is 11.6 Å². The van der Waals surface area contributed by atoms with Crippen LogP contribution in [0.25, 0.3) is 6.08 Å². The van der Waals surface area contributed by atoms with E-state index in [2.05, 4.69) is 26.0 Å². The molecule has 0 spiro atoms. The van der Waals surface area contributed by atoms with E-state index in [0.717, 1.165) is 11.8 Å². The quantitative estimate of drug-likeness (QED) is 0.508. The SMILES string of the molecule is CC(C)c1ccc(C=CC=O)cc1. The molecule has 0 fully saturated rings. The Morgan fingerprint density at radius 3 is 2.23 bits per heavy atom. The summed E-state index contributed by atoms with van der Waals surface area (Å²) in [5, 5.41) is 0. The Bertz CT molecular complexity index is 293. The molecule has 13 heavy (non-hydrogen) atoms. The molecule has 1 aromatic carbocycles. The summed E-state index contributed by atoms with van der Waals surface area (Å²) in [7, 11) is 0. The third-order valence-electron chi connectivity index (χ3n) is 1.97. The number of carbonyl (C=O) groups is 1. The largest absolute Gasteiger partial charge is 0.299 e. The van der Waals surface area contributed by atoms with Crippen molar-refractivity contribution in [3.63, 3.8) is 0 Å². The van der Waals surface area contributed by atoms with Crippen molar-refractivity contribution in [2.75, 3.05) is 0 Å². The number of allylic oxidation sites excluding steroid dienone is 1. The fraction of sp³-hybridized carbons (Fsp3) is 0.250. The van der Waals surface area contributed by atoms with E-state index in [0.29, 0.717) is 5.92 Å². The molecule has 0 aromatic heterocycles.